The molecule has 4 heteroatoms. The monoisotopic (exact) mass is 203 g/mol. The molecule has 1 atom stereocenters. The highest BCUT2D eigenvalue weighted by Crippen LogP contribution is 2.57. The van der Waals surface area contributed by atoms with Crippen molar-refractivity contribution in [2.24, 2.45) is 0 Å². The summed E-state index contributed by atoms with van der Waals surface area (Å²) < 4.78 is 1.72. The van der Waals surface area contributed by atoms with E-state index in [4.69, 9.17) is 0 Å². The van der Waals surface area contributed by atoms with Crippen LogP contribution in [-0.4, -0.2) is 13.8 Å². The Kier molecular flexibility index (Phi) is 1.46. The quantitative estimate of drug-likeness (QED) is 0.433. The molecular weight excluding hydrogens is 192 g/mol. The third-order valence-corrected chi connectivity index (χ3v) is 3.82. The Balaban J connectivity index is 2.27. The number of anilines is 1. The lowest BCUT2D eigenvalue weighted by Gasteiger charge is -2.09. The van der Waals surface area contributed by atoms with E-state index in [9.17, 15) is 4.79 Å². The lowest BCUT2D eigenvalue weighted by atomic mass is 9.89. The van der Waals surface area contributed by atoms with Crippen molar-refractivity contribution in [2.45, 2.75) is 18.3 Å². The third kappa shape index (κ3) is 0.839. The number of amides is 1. The van der Waals surface area contributed by atoms with Crippen LogP contribution in [0.2, 0.25) is 0 Å². The minimum Gasteiger partial charge on any atom is -0.296 e. The van der Waals surface area contributed by atoms with Crippen molar-refractivity contribution in [2.75, 3.05) is 4.67 Å². The molecule has 1 saturated carbocycles. The van der Waals surface area contributed by atoms with Gasteiger partial charge in [0.2, 0.25) is 5.91 Å². The molecule has 1 heterocycles. The summed E-state index contributed by atoms with van der Waals surface area (Å²) in [6, 6.07) is 6.26. The number of carbonyl (C=O) groups is 1. The van der Waals surface area contributed by atoms with Crippen molar-refractivity contribution in [1.82, 2.24) is 0 Å². The van der Waals surface area contributed by atoms with E-state index < -0.39 is 0 Å². The van der Waals surface area contributed by atoms with Gasteiger partial charge in [0, 0.05) is 0 Å². The molecule has 1 unspecified atom stereocenters. The molecule has 1 fully saturated rings. The molecule has 1 aromatic rings. The van der Waals surface area contributed by atoms with Crippen molar-refractivity contribution in [3.8, 4) is 0 Å². The van der Waals surface area contributed by atoms with Gasteiger partial charge in [0.05, 0.1) is 11.1 Å². The fourth-order valence-electron chi connectivity index (χ4n) is 2.31. The van der Waals surface area contributed by atoms with Crippen LogP contribution in [0, 0.1) is 0 Å². The van der Waals surface area contributed by atoms with Crippen molar-refractivity contribution < 1.29 is 4.79 Å². The zero-order valence-electron chi connectivity index (χ0n) is 8.08. The molecule has 2 aliphatic rings. The van der Waals surface area contributed by atoms with Crippen LogP contribution in [0.3, 0.4) is 0 Å². The molecule has 1 spiro atoms. The zero-order valence-corrected chi connectivity index (χ0v) is 9.23. The van der Waals surface area contributed by atoms with Gasteiger partial charge in [0.1, 0.15) is 7.85 Å². The number of carbonyl (C=O) groups excluding carboxylic acids is 1. The summed E-state index contributed by atoms with van der Waals surface area (Å²) in [6.07, 6.45) is 2.04. The lowest BCUT2D eigenvalue weighted by molar-refractivity contribution is -0.119. The molecule has 0 radical (unpaired) electrons. The van der Waals surface area contributed by atoms with Gasteiger partial charge in [-0.25, -0.2) is 0 Å². The molecule has 0 bridgehead atoms. The number of nitrogens with zero attached hydrogens (tertiary/aromatic N) is 1. The first-order valence-electron chi connectivity index (χ1n) is 4.85. The maximum atomic E-state index is 12.0. The van der Waals surface area contributed by atoms with Gasteiger partial charge in [-0.1, -0.05) is 17.6 Å². The van der Waals surface area contributed by atoms with Gasteiger partial charge in [-0.3, -0.25) is 9.46 Å². The van der Waals surface area contributed by atoms with E-state index in [0.29, 0.717) is 0 Å². The summed E-state index contributed by atoms with van der Waals surface area (Å²) in [6.45, 7) is 0. The van der Waals surface area contributed by atoms with Crippen molar-refractivity contribution in [1.29, 1.82) is 0 Å². The predicted octanol–water partition coefficient (Wildman–Crippen LogP) is 0.113. The van der Waals surface area contributed by atoms with E-state index in [1.807, 2.05) is 6.07 Å². The molecular formula is C10H11BNOP. The van der Waals surface area contributed by atoms with Crippen molar-refractivity contribution in [3.05, 3.63) is 23.8 Å². The molecule has 70 valence electrons. The fourth-order valence-corrected chi connectivity index (χ4v) is 2.78. The minimum absolute atomic E-state index is 0.136. The summed E-state index contributed by atoms with van der Waals surface area (Å²) in [5, 5.41) is 0. The van der Waals surface area contributed by atoms with Crippen LogP contribution >= 0.6 is 9.39 Å². The van der Waals surface area contributed by atoms with E-state index >= 15 is 0 Å². The van der Waals surface area contributed by atoms with Crippen molar-refractivity contribution in [3.63, 3.8) is 0 Å². The van der Waals surface area contributed by atoms with Gasteiger partial charge in [0.25, 0.3) is 0 Å². The van der Waals surface area contributed by atoms with Gasteiger partial charge in [-0.15, -0.1) is 0 Å². The predicted molar refractivity (Wildman–Crippen MR) is 62.7 cm³/mol. The summed E-state index contributed by atoms with van der Waals surface area (Å²) in [7, 11) is 4.60. The summed E-state index contributed by atoms with van der Waals surface area (Å²) in [5.74, 6) is 0.253. The molecule has 1 aliphatic carbocycles. The highest BCUT2D eigenvalue weighted by atomic mass is 31.0. The molecule has 1 aliphatic heterocycles. The Morgan fingerprint density at radius 1 is 1.43 bits per heavy atom. The third-order valence-electron chi connectivity index (χ3n) is 3.31. The molecule has 0 N–H and O–H groups in total. The maximum absolute atomic E-state index is 12.0. The molecule has 14 heavy (non-hydrogen) atoms. The van der Waals surface area contributed by atoms with E-state index in [-0.39, 0.29) is 11.3 Å². The second-order valence-electron chi connectivity index (χ2n) is 4.28. The SMILES string of the molecule is Bc1ccc2c(c1)C1(CC1)C(=O)N2P. The highest BCUT2D eigenvalue weighted by Gasteiger charge is 2.58. The molecule has 1 amide bonds. The molecule has 0 saturated heterocycles. The molecule has 0 aromatic heterocycles. The largest absolute Gasteiger partial charge is 0.296 e. The van der Waals surface area contributed by atoms with Crippen LogP contribution in [0.15, 0.2) is 18.2 Å². The standard InChI is InChI=1S/C10H11BNOP/c11-6-1-2-8-7(5-6)10(3-4-10)9(13)12(8)14/h1-2,5H,3-4,11,14H2. The Labute approximate surface area is 86.3 Å². The highest BCUT2D eigenvalue weighted by molar-refractivity contribution is 7.21. The fraction of sp³-hybridized carbons (Fsp3) is 0.300. The normalized spacial score (nSPS) is 21.5. The summed E-state index contributed by atoms with van der Waals surface area (Å²) >= 11 is 0. The van der Waals surface area contributed by atoms with E-state index in [1.54, 1.807) is 4.67 Å². The topological polar surface area (TPSA) is 20.3 Å². The van der Waals surface area contributed by atoms with Crippen LogP contribution in [-0.2, 0) is 10.2 Å². The Morgan fingerprint density at radius 3 is 2.79 bits per heavy atom. The van der Waals surface area contributed by atoms with Crippen molar-refractivity contribution >= 4 is 34.3 Å². The number of benzene rings is 1. The van der Waals surface area contributed by atoms with Crippen LogP contribution in [0.25, 0.3) is 0 Å². The average molecular weight is 203 g/mol. The first-order valence-corrected chi connectivity index (χ1v) is 5.37. The number of fused-ring (bicyclic) bond motifs is 2. The Morgan fingerprint density at radius 2 is 2.14 bits per heavy atom. The van der Waals surface area contributed by atoms with E-state index in [2.05, 4.69) is 29.4 Å². The van der Waals surface area contributed by atoms with Gasteiger partial charge in [-0.2, -0.15) is 0 Å². The first kappa shape index (κ1) is 8.49. The second kappa shape index (κ2) is 2.40. The van der Waals surface area contributed by atoms with Gasteiger partial charge >= 0.3 is 0 Å². The average Bonchev–Trinajstić information content (AvgIpc) is 2.93. The maximum Gasteiger partial charge on any atom is 0.240 e. The van der Waals surface area contributed by atoms with E-state index in [1.165, 1.54) is 11.0 Å². The van der Waals surface area contributed by atoms with Crippen LogP contribution in [0.5, 0.6) is 0 Å². The smallest absolute Gasteiger partial charge is 0.240 e. The molecule has 3 rings (SSSR count). The zero-order chi connectivity index (χ0) is 9.92. The lowest BCUT2D eigenvalue weighted by Crippen LogP contribution is -2.23. The van der Waals surface area contributed by atoms with Gasteiger partial charge in [0.15, 0.2) is 0 Å². The minimum atomic E-state index is -0.136. The first-order chi connectivity index (χ1) is 6.65. The van der Waals surface area contributed by atoms with Crippen LogP contribution in [0.4, 0.5) is 5.69 Å². The summed E-state index contributed by atoms with van der Waals surface area (Å²) in [4.78, 5) is 12.0. The Hall–Kier alpha value is -0.815. The number of hydrogen-bond donors (Lipinski definition) is 0. The van der Waals surface area contributed by atoms with Crippen LogP contribution < -0.4 is 10.1 Å². The van der Waals surface area contributed by atoms with Gasteiger partial charge in [-0.05, 0) is 33.9 Å². The van der Waals surface area contributed by atoms with Gasteiger partial charge < -0.3 is 0 Å². The van der Waals surface area contributed by atoms with Crippen LogP contribution in [0.1, 0.15) is 18.4 Å². The number of rotatable bonds is 0. The van der Waals surface area contributed by atoms with E-state index in [0.717, 1.165) is 18.5 Å². The Bertz CT molecular complexity index is 442. The number of hydrogen-bond acceptors (Lipinski definition) is 1. The summed E-state index contributed by atoms with van der Waals surface area (Å²) in [5.41, 5.74) is 3.41. The second-order valence-corrected chi connectivity index (χ2v) is 4.79. The molecule has 2 nitrogen and oxygen atoms in total. The molecule has 1 aromatic carbocycles.